The topological polar surface area (TPSA) is 52.0 Å². The number of rotatable bonds is 8. The fourth-order valence-corrected chi connectivity index (χ4v) is 2.85. The fourth-order valence-electron chi connectivity index (χ4n) is 2.85. The molecule has 0 heterocycles. The third kappa shape index (κ3) is 5.00. The lowest BCUT2D eigenvalue weighted by Gasteiger charge is -2.24. The molecule has 2 atom stereocenters. The Morgan fingerprint density at radius 3 is 2.05 bits per heavy atom. The SMILES string of the molecule is NCCCC(c1ccccc1)C(N)CCc1ccccc1. The van der Waals surface area contributed by atoms with Crippen molar-refractivity contribution in [2.45, 2.75) is 37.6 Å². The largest absolute Gasteiger partial charge is 0.330 e. The van der Waals surface area contributed by atoms with Gasteiger partial charge in [-0.1, -0.05) is 60.7 Å². The van der Waals surface area contributed by atoms with Crippen LogP contribution in [0.15, 0.2) is 60.7 Å². The summed E-state index contributed by atoms with van der Waals surface area (Å²) in [7, 11) is 0. The fraction of sp³-hybridized carbons (Fsp3) is 0.368. The van der Waals surface area contributed by atoms with Gasteiger partial charge in [0.1, 0.15) is 0 Å². The Morgan fingerprint density at radius 1 is 0.810 bits per heavy atom. The van der Waals surface area contributed by atoms with Crippen molar-refractivity contribution in [1.29, 1.82) is 0 Å². The van der Waals surface area contributed by atoms with E-state index in [-0.39, 0.29) is 6.04 Å². The van der Waals surface area contributed by atoms with Crippen LogP contribution in [-0.4, -0.2) is 12.6 Å². The van der Waals surface area contributed by atoms with Gasteiger partial charge in [0, 0.05) is 6.04 Å². The molecule has 4 N–H and O–H groups in total. The predicted molar refractivity (Wildman–Crippen MR) is 90.2 cm³/mol. The number of hydrogen-bond acceptors (Lipinski definition) is 2. The maximum atomic E-state index is 6.50. The van der Waals surface area contributed by atoms with Gasteiger partial charge in [-0.15, -0.1) is 0 Å². The lowest BCUT2D eigenvalue weighted by molar-refractivity contribution is 0.464. The molecular weight excluding hydrogens is 256 g/mol. The Labute approximate surface area is 128 Å². The van der Waals surface area contributed by atoms with Crippen molar-refractivity contribution in [2.24, 2.45) is 11.5 Å². The molecule has 0 radical (unpaired) electrons. The minimum Gasteiger partial charge on any atom is -0.330 e. The minimum atomic E-state index is 0.180. The Morgan fingerprint density at radius 2 is 1.43 bits per heavy atom. The molecule has 2 aromatic rings. The highest BCUT2D eigenvalue weighted by molar-refractivity contribution is 5.22. The number of hydrogen-bond donors (Lipinski definition) is 2. The van der Waals surface area contributed by atoms with Crippen LogP contribution < -0.4 is 11.5 Å². The monoisotopic (exact) mass is 282 g/mol. The zero-order chi connectivity index (χ0) is 14.9. The summed E-state index contributed by atoms with van der Waals surface area (Å²) in [6.07, 6.45) is 4.14. The van der Waals surface area contributed by atoms with Crippen molar-refractivity contribution >= 4 is 0 Å². The first-order chi connectivity index (χ1) is 10.3. The third-order valence-corrected chi connectivity index (χ3v) is 4.07. The van der Waals surface area contributed by atoms with Crippen molar-refractivity contribution in [3.05, 3.63) is 71.8 Å². The van der Waals surface area contributed by atoms with E-state index in [2.05, 4.69) is 60.7 Å². The van der Waals surface area contributed by atoms with Crippen LogP contribution in [0.25, 0.3) is 0 Å². The van der Waals surface area contributed by atoms with Gasteiger partial charge in [0.05, 0.1) is 0 Å². The van der Waals surface area contributed by atoms with Gasteiger partial charge in [0.2, 0.25) is 0 Å². The van der Waals surface area contributed by atoms with E-state index in [1.807, 2.05) is 0 Å². The van der Waals surface area contributed by atoms with E-state index >= 15 is 0 Å². The highest BCUT2D eigenvalue weighted by atomic mass is 14.6. The molecular formula is C19H26N2. The third-order valence-electron chi connectivity index (χ3n) is 4.07. The van der Waals surface area contributed by atoms with Crippen molar-refractivity contribution in [1.82, 2.24) is 0 Å². The lowest BCUT2D eigenvalue weighted by Crippen LogP contribution is -2.29. The maximum Gasteiger partial charge on any atom is 0.0111 e. The van der Waals surface area contributed by atoms with Gasteiger partial charge in [-0.05, 0) is 49.3 Å². The molecule has 0 aliphatic carbocycles. The molecule has 2 aromatic carbocycles. The molecule has 0 aliphatic rings. The second-order valence-corrected chi connectivity index (χ2v) is 5.64. The summed E-state index contributed by atoms with van der Waals surface area (Å²) >= 11 is 0. The van der Waals surface area contributed by atoms with E-state index in [0.717, 1.165) is 32.2 Å². The molecule has 0 amide bonds. The van der Waals surface area contributed by atoms with Crippen molar-refractivity contribution < 1.29 is 0 Å². The van der Waals surface area contributed by atoms with Crippen molar-refractivity contribution in [3.63, 3.8) is 0 Å². The van der Waals surface area contributed by atoms with Gasteiger partial charge in [0.25, 0.3) is 0 Å². The van der Waals surface area contributed by atoms with Crippen LogP contribution >= 0.6 is 0 Å². The Bertz CT molecular complexity index is 495. The molecule has 0 aliphatic heterocycles. The van der Waals surface area contributed by atoms with Crippen LogP contribution in [0.3, 0.4) is 0 Å². The Kier molecular flexibility index (Phi) is 6.45. The van der Waals surface area contributed by atoms with Crippen LogP contribution in [0.2, 0.25) is 0 Å². The van der Waals surface area contributed by atoms with Crippen molar-refractivity contribution in [2.75, 3.05) is 6.54 Å². The number of aryl methyl sites for hydroxylation is 1. The van der Waals surface area contributed by atoms with Gasteiger partial charge in [-0.3, -0.25) is 0 Å². The Hall–Kier alpha value is -1.64. The summed E-state index contributed by atoms with van der Waals surface area (Å²) < 4.78 is 0. The van der Waals surface area contributed by atoms with Gasteiger partial charge >= 0.3 is 0 Å². The zero-order valence-electron chi connectivity index (χ0n) is 12.6. The highest BCUT2D eigenvalue weighted by Crippen LogP contribution is 2.26. The van der Waals surface area contributed by atoms with Gasteiger partial charge in [0.15, 0.2) is 0 Å². The molecule has 2 unspecified atom stereocenters. The van der Waals surface area contributed by atoms with E-state index < -0.39 is 0 Å². The first-order valence-electron chi connectivity index (χ1n) is 7.86. The summed E-state index contributed by atoms with van der Waals surface area (Å²) in [6, 6.07) is 21.4. The summed E-state index contributed by atoms with van der Waals surface area (Å²) in [6.45, 7) is 0.731. The van der Waals surface area contributed by atoms with Crippen LogP contribution in [0.4, 0.5) is 0 Å². The lowest BCUT2D eigenvalue weighted by atomic mass is 9.85. The summed E-state index contributed by atoms with van der Waals surface area (Å²) in [5.41, 5.74) is 14.9. The molecule has 2 heteroatoms. The van der Waals surface area contributed by atoms with E-state index in [1.165, 1.54) is 11.1 Å². The smallest absolute Gasteiger partial charge is 0.0111 e. The molecule has 0 bridgehead atoms. The molecule has 112 valence electrons. The van der Waals surface area contributed by atoms with Crippen LogP contribution in [0.1, 0.15) is 36.3 Å². The molecule has 0 aromatic heterocycles. The average molecular weight is 282 g/mol. The molecule has 21 heavy (non-hydrogen) atoms. The van der Waals surface area contributed by atoms with E-state index in [1.54, 1.807) is 0 Å². The summed E-state index contributed by atoms with van der Waals surface area (Å²) in [5, 5.41) is 0. The number of nitrogens with two attached hydrogens (primary N) is 2. The molecule has 2 rings (SSSR count). The second-order valence-electron chi connectivity index (χ2n) is 5.64. The van der Waals surface area contributed by atoms with E-state index in [9.17, 15) is 0 Å². The molecule has 0 spiro atoms. The normalized spacial score (nSPS) is 13.8. The standard InChI is InChI=1S/C19H26N2/c20-15-7-12-18(17-10-5-2-6-11-17)19(21)14-13-16-8-3-1-4-9-16/h1-6,8-11,18-19H,7,12-15,20-21H2. The van der Waals surface area contributed by atoms with Crippen LogP contribution in [-0.2, 0) is 6.42 Å². The molecule has 0 saturated heterocycles. The second kappa shape index (κ2) is 8.60. The van der Waals surface area contributed by atoms with Gasteiger partial charge < -0.3 is 11.5 Å². The van der Waals surface area contributed by atoms with Crippen LogP contribution in [0.5, 0.6) is 0 Å². The maximum absolute atomic E-state index is 6.50. The predicted octanol–water partition coefficient (Wildman–Crippen LogP) is 3.47. The molecule has 0 fully saturated rings. The first kappa shape index (κ1) is 15.7. The quantitative estimate of drug-likeness (QED) is 0.779. The Balaban J connectivity index is 1.99. The molecule has 0 saturated carbocycles. The summed E-state index contributed by atoms with van der Waals surface area (Å²) in [4.78, 5) is 0. The number of benzene rings is 2. The van der Waals surface area contributed by atoms with E-state index in [4.69, 9.17) is 11.5 Å². The van der Waals surface area contributed by atoms with E-state index in [0.29, 0.717) is 5.92 Å². The van der Waals surface area contributed by atoms with Crippen molar-refractivity contribution in [3.8, 4) is 0 Å². The zero-order valence-corrected chi connectivity index (χ0v) is 12.6. The minimum absolute atomic E-state index is 0.180. The van der Waals surface area contributed by atoms with Gasteiger partial charge in [-0.2, -0.15) is 0 Å². The average Bonchev–Trinajstić information content (AvgIpc) is 2.55. The summed E-state index contributed by atoms with van der Waals surface area (Å²) in [5.74, 6) is 0.401. The van der Waals surface area contributed by atoms with Crippen LogP contribution in [0, 0.1) is 0 Å². The first-order valence-corrected chi connectivity index (χ1v) is 7.86. The molecule has 2 nitrogen and oxygen atoms in total. The van der Waals surface area contributed by atoms with Gasteiger partial charge in [-0.25, -0.2) is 0 Å². The highest BCUT2D eigenvalue weighted by Gasteiger charge is 2.19.